The zero-order chi connectivity index (χ0) is 14.0. The number of aromatic amines is 1. The van der Waals surface area contributed by atoms with Gasteiger partial charge < -0.3 is 4.98 Å². The fourth-order valence-corrected chi connectivity index (χ4v) is 2.86. The van der Waals surface area contributed by atoms with Gasteiger partial charge in [0.05, 0.1) is 9.26 Å². The van der Waals surface area contributed by atoms with Gasteiger partial charge in [-0.3, -0.25) is 4.79 Å². The third-order valence-corrected chi connectivity index (χ3v) is 4.15. The first-order valence-electron chi connectivity index (χ1n) is 6.32. The van der Waals surface area contributed by atoms with Crippen LogP contribution in [0.15, 0.2) is 29.1 Å². The summed E-state index contributed by atoms with van der Waals surface area (Å²) in [5.74, 6) is 0.994. The molecule has 0 aliphatic carbocycles. The molecule has 0 unspecified atom stereocenters. The average Bonchev–Trinajstić information content (AvgIpc) is 2.36. The number of H-pyrrole nitrogens is 1. The number of aromatic nitrogens is 2. The van der Waals surface area contributed by atoms with E-state index in [9.17, 15) is 4.79 Å². The Hall–Kier alpha value is -1.17. The van der Waals surface area contributed by atoms with Crippen LogP contribution in [0.2, 0.25) is 0 Å². The zero-order valence-corrected chi connectivity index (χ0v) is 13.5. The molecule has 0 aliphatic heterocycles. The number of aryl methyl sites for hydroxylation is 1. The second kappa shape index (κ2) is 5.86. The summed E-state index contributed by atoms with van der Waals surface area (Å²) < 4.78 is 0.695. The van der Waals surface area contributed by atoms with Gasteiger partial charge in [0, 0.05) is 6.42 Å². The number of rotatable bonds is 3. The van der Waals surface area contributed by atoms with Gasteiger partial charge in [-0.25, -0.2) is 4.98 Å². The summed E-state index contributed by atoms with van der Waals surface area (Å²) in [6, 6.07) is 8.17. The molecule has 19 heavy (non-hydrogen) atoms. The fraction of sp³-hybridized carbons (Fsp3) is 0.333. The Morgan fingerprint density at radius 1 is 1.32 bits per heavy atom. The SMILES string of the molecule is Cc1ccccc1Cc1nc(C(C)C)c(I)c(=O)[nH]1. The van der Waals surface area contributed by atoms with Crippen molar-refractivity contribution in [2.24, 2.45) is 0 Å². The summed E-state index contributed by atoms with van der Waals surface area (Å²) in [6.45, 7) is 6.19. The summed E-state index contributed by atoms with van der Waals surface area (Å²) in [4.78, 5) is 19.4. The highest BCUT2D eigenvalue weighted by Gasteiger charge is 2.12. The van der Waals surface area contributed by atoms with Crippen LogP contribution in [-0.2, 0) is 6.42 Å². The van der Waals surface area contributed by atoms with Gasteiger partial charge in [0.15, 0.2) is 0 Å². The van der Waals surface area contributed by atoms with E-state index in [2.05, 4.69) is 65.5 Å². The molecule has 0 amide bonds. The summed E-state index contributed by atoms with van der Waals surface area (Å²) in [7, 11) is 0. The third kappa shape index (κ3) is 3.23. The molecule has 0 atom stereocenters. The molecule has 4 heteroatoms. The van der Waals surface area contributed by atoms with E-state index in [1.165, 1.54) is 11.1 Å². The quantitative estimate of drug-likeness (QED) is 0.845. The minimum Gasteiger partial charge on any atom is -0.309 e. The summed E-state index contributed by atoms with van der Waals surface area (Å²) >= 11 is 2.07. The zero-order valence-electron chi connectivity index (χ0n) is 11.3. The molecule has 3 nitrogen and oxygen atoms in total. The Bertz CT molecular complexity index is 647. The molecular formula is C15H17IN2O. The van der Waals surface area contributed by atoms with Gasteiger partial charge in [-0.15, -0.1) is 0 Å². The van der Waals surface area contributed by atoms with E-state index in [0.717, 1.165) is 11.5 Å². The predicted octanol–water partition coefficient (Wildman–Crippen LogP) is 3.40. The second-order valence-corrected chi connectivity index (χ2v) is 6.05. The fourth-order valence-electron chi connectivity index (χ4n) is 1.98. The van der Waals surface area contributed by atoms with Crippen LogP contribution in [0.25, 0.3) is 0 Å². The lowest BCUT2D eigenvalue weighted by atomic mass is 10.1. The van der Waals surface area contributed by atoms with Gasteiger partial charge in [-0.05, 0) is 46.6 Å². The van der Waals surface area contributed by atoms with Crippen molar-refractivity contribution in [3.05, 3.63) is 60.8 Å². The molecule has 1 N–H and O–H groups in total. The highest BCUT2D eigenvalue weighted by atomic mass is 127. The lowest BCUT2D eigenvalue weighted by molar-refractivity contribution is 0.774. The van der Waals surface area contributed by atoms with E-state index in [4.69, 9.17) is 0 Å². The van der Waals surface area contributed by atoms with Crippen LogP contribution in [0.5, 0.6) is 0 Å². The number of halogens is 1. The Balaban J connectivity index is 2.42. The van der Waals surface area contributed by atoms with Gasteiger partial charge in [-0.2, -0.15) is 0 Å². The van der Waals surface area contributed by atoms with Crippen LogP contribution in [-0.4, -0.2) is 9.97 Å². The van der Waals surface area contributed by atoms with Crippen LogP contribution >= 0.6 is 22.6 Å². The Labute approximate surface area is 126 Å². The normalized spacial score (nSPS) is 11.0. The number of hydrogen-bond donors (Lipinski definition) is 1. The van der Waals surface area contributed by atoms with Crippen LogP contribution in [0.1, 0.15) is 42.4 Å². The summed E-state index contributed by atoms with van der Waals surface area (Å²) in [5.41, 5.74) is 3.26. The van der Waals surface area contributed by atoms with Crippen LogP contribution in [0.4, 0.5) is 0 Å². The molecule has 0 spiro atoms. The van der Waals surface area contributed by atoms with E-state index >= 15 is 0 Å². The van der Waals surface area contributed by atoms with Crippen molar-refractivity contribution in [2.45, 2.75) is 33.1 Å². The van der Waals surface area contributed by atoms with Crippen molar-refractivity contribution in [1.29, 1.82) is 0 Å². The van der Waals surface area contributed by atoms with Gasteiger partial charge in [0.1, 0.15) is 5.82 Å². The minimum atomic E-state index is -0.0390. The Morgan fingerprint density at radius 3 is 2.63 bits per heavy atom. The molecule has 2 aromatic rings. The lowest BCUT2D eigenvalue weighted by Crippen LogP contribution is -2.19. The standard InChI is InChI=1S/C15H17IN2O/c1-9(2)14-13(16)15(19)18-12(17-14)8-11-7-5-4-6-10(11)3/h4-7,9H,8H2,1-3H3,(H,17,18,19). The maximum atomic E-state index is 11.9. The van der Waals surface area contributed by atoms with E-state index in [1.54, 1.807) is 0 Å². The topological polar surface area (TPSA) is 45.8 Å². The van der Waals surface area contributed by atoms with Crippen molar-refractivity contribution >= 4 is 22.6 Å². The van der Waals surface area contributed by atoms with Gasteiger partial charge in [0.25, 0.3) is 5.56 Å². The first-order valence-corrected chi connectivity index (χ1v) is 7.40. The lowest BCUT2D eigenvalue weighted by Gasteiger charge is -2.10. The maximum absolute atomic E-state index is 11.9. The summed E-state index contributed by atoms with van der Waals surface area (Å²) in [6.07, 6.45) is 0.665. The van der Waals surface area contributed by atoms with Gasteiger partial charge in [-0.1, -0.05) is 38.1 Å². The molecule has 1 aromatic heterocycles. The molecule has 0 saturated carbocycles. The molecule has 100 valence electrons. The van der Waals surface area contributed by atoms with Crippen LogP contribution < -0.4 is 5.56 Å². The predicted molar refractivity (Wildman–Crippen MR) is 85.6 cm³/mol. The van der Waals surface area contributed by atoms with E-state index in [0.29, 0.717) is 9.99 Å². The summed E-state index contributed by atoms with van der Waals surface area (Å²) in [5, 5.41) is 0. The van der Waals surface area contributed by atoms with Crippen molar-refractivity contribution in [1.82, 2.24) is 9.97 Å². The van der Waals surface area contributed by atoms with Crippen molar-refractivity contribution < 1.29 is 0 Å². The van der Waals surface area contributed by atoms with Crippen molar-refractivity contribution in [3.63, 3.8) is 0 Å². The van der Waals surface area contributed by atoms with Crippen molar-refractivity contribution in [2.75, 3.05) is 0 Å². The molecule has 1 aromatic carbocycles. The monoisotopic (exact) mass is 368 g/mol. The van der Waals surface area contributed by atoms with Crippen LogP contribution in [0.3, 0.4) is 0 Å². The average molecular weight is 368 g/mol. The number of nitrogens with one attached hydrogen (secondary N) is 1. The van der Waals surface area contributed by atoms with Gasteiger partial charge in [0.2, 0.25) is 0 Å². The molecule has 1 heterocycles. The third-order valence-electron chi connectivity index (χ3n) is 3.10. The number of benzene rings is 1. The number of hydrogen-bond acceptors (Lipinski definition) is 2. The van der Waals surface area contributed by atoms with E-state index in [-0.39, 0.29) is 11.5 Å². The largest absolute Gasteiger partial charge is 0.309 e. The first kappa shape index (κ1) is 14.2. The minimum absolute atomic E-state index is 0.0390. The molecule has 0 fully saturated rings. The molecular weight excluding hydrogens is 351 g/mol. The smallest absolute Gasteiger partial charge is 0.264 e. The number of nitrogens with zero attached hydrogens (tertiary/aromatic N) is 1. The maximum Gasteiger partial charge on any atom is 0.264 e. The molecule has 0 aliphatic rings. The molecule has 0 bridgehead atoms. The first-order chi connectivity index (χ1) is 8.99. The highest BCUT2D eigenvalue weighted by Crippen LogP contribution is 2.17. The molecule has 2 rings (SSSR count). The second-order valence-electron chi connectivity index (χ2n) is 4.97. The van der Waals surface area contributed by atoms with Gasteiger partial charge >= 0.3 is 0 Å². The Kier molecular flexibility index (Phi) is 4.39. The van der Waals surface area contributed by atoms with Crippen LogP contribution in [0, 0.1) is 10.5 Å². The van der Waals surface area contributed by atoms with E-state index in [1.807, 2.05) is 12.1 Å². The van der Waals surface area contributed by atoms with Crippen molar-refractivity contribution in [3.8, 4) is 0 Å². The van der Waals surface area contributed by atoms with E-state index < -0.39 is 0 Å². The Morgan fingerprint density at radius 2 is 2.00 bits per heavy atom. The molecule has 0 saturated heterocycles. The molecule has 0 radical (unpaired) electrons. The highest BCUT2D eigenvalue weighted by molar-refractivity contribution is 14.1.